The van der Waals surface area contributed by atoms with Crippen LogP contribution in [0.3, 0.4) is 0 Å². The van der Waals surface area contributed by atoms with Crippen molar-refractivity contribution in [1.29, 1.82) is 0 Å². The Morgan fingerprint density at radius 1 is 1.24 bits per heavy atom. The summed E-state index contributed by atoms with van der Waals surface area (Å²) < 4.78 is 14.4. The lowest BCUT2D eigenvalue weighted by atomic mass is 9.85. The molecule has 3 aromatic heterocycles. The molecule has 0 spiro atoms. The maximum atomic E-state index is 12.4. The lowest BCUT2D eigenvalue weighted by molar-refractivity contribution is -0.155. The number of hydrogen-bond donors (Lipinski definition) is 2. The van der Waals surface area contributed by atoms with Crippen LogP contribution in [0, 0.1) is 5.92 Å². The van der Waals surface area contributed by atoms with E-state index in [0.29, 0.717) is 44.8 Å². The number of hydrogen-bond acceptors (Lipinski definition) is 8. The Labute approximate surface area is 215 Å². The predicted octanol–water partition coefficient (Wildman–Crippen LogP) is 2.09. The highest BCUT2D eigenvalue weighted by Gasteiger charge is 2.38. The summed E-state index contributed by atoms with van der Waals surface area (Å²) in [5.41, 5.74) is 4.12. The molecule has 0 bridgehead atoms. The average molecular weight is 510 g/mol. The Balaban J connectivity index is 1.26. The van der Waals surface area contributed by atoms with Gasteiger partial charge in [0.25, 0.3) is 0 Å². The fraction of sp³-hybridized carbons (Fsp3) is 0.615. The fourth-order valence-electron chi connectivity index (χ4n) is 5.60. The number of aliphatic hydroxyl groups excluding tert-OH is 1. The van der Waals surface area contributed by atoms with E-state index in [-0.39, 0.29) is 30.0 Å². The van der Waals surface area contributed by atoms with Gasteiger partial charge in [0.1, 0.15) is 0 Å². The van der Waals surface area contributed by atoms with Crippen molar-refractivity contribution in [2.24, 2.45) is 5.92 Å². The molecule has 6 rings (SSSR count). The van der Waals surface area contributed by atoms with Crippen LogP contribution in [-0.2, 0) is 14.3 Å². The maximum absolute atomic E-state index is 12.4. The second-order valence-electron chi connectivity index (χ2n) is 10.7. The van der Waals surface area contributed by atoms with Crippen LogP contribution in [0.25, 0.3) is 16.6 Å². The highest BCUT2D eigenvalue weighted by molar-refractivity contribution is 5.81. The van der Waals surface area contributed by atoms with Gasteiger partial charge in [0.2, 0.25) is 11.9 Å². The fourth-order valence-corrected chi connectivity index (χ4v) is 5.60. The number of ether oxygens (including phenoxy) is 2. The van der Waals surface area contributed by atoms with Gasteiger partial charge in [-0.15, -0.1) is 5.10 Å². The Morgan fingerprint density at radius 2 is 2.03 bits per heavy atom. The summed E-state index contributed by atoms with van der Waals surface area (Å²) in [7, 11) is 1.68. The summed E-state index contributed by atoms with van der Waals surface area (Å²) in [5.74, 6) is 1.10. The first-order valence-electron chi connectivity index (χ1n) is 13.2. The largest absolute Gasteiger partial charge is 0.393 e. The number of amides is 1. The van der Waals surface area contributed by atoms with Gasteiger partial charge in [0, 0.05) is 55.2 Å². The number of methoxy groups -OCH3 is 1. The highest BCUT2D eigenvalue weighted by atomic mass is 16.5. The summed E-state index contributed by atoms with van der Waals surface area (Å²) >= 11 is 0. The molecule has 0 unspecified atom stereocenters. The first-order chi connectivity index (χ1) is 18.0. The van der Waals surface area contributed by atoms with Gasteiger partial charge in [-0.1, -0.05) is 0 Å². The quantitative estimate of drug-likeness (QED) is 0.474. The van der Waals surface area contributed by atoms with Gasteiger partial charge in [0.05, 0.1) is 55.8 Å². The number of rotatable bonds is 8. The number of nitrogens with zero attached hydrogens (tertiary/aromatic N) is 6. The highest BCUT2D eigenvalue weighted by Crippen LogP contribution is 2.38. The van der Waals surface area contributed by atoms with Crippen molar-refractivity contribution < 1.29 is 19.4 Å². The number of aromatic nitrogens is 5. The number of carbonyl (C=O) groups is 1. The van der Waals surface area contributed by atoms with E-state index < -0.39 is 0 Å². The van der Waals surface area contributed by atoms with Gasteiger partial charge in [-0.3, -0.25) is 9.48 Å². The van der Waals surface area contributed by atoms with Crippen molar-refractivity contribution in [3.8, 4) is 11.1 Å². The number of anilines is 1. The molecule has 11 nitrogen and oxygen atoms in total. The van der Waals surface area contributed by atoms with Crippen LogP contribution in [0.4, 0.5) is 5.95 Å². The molecule has 5 heterocycles. The number of nitrogens with one attached hydrogen (secondary N) is 1. The third kappa shape index (κ3) is 4.71. The van der Waals surface area contributed by atoms with Crippen LogP contribution in [-0.4, -0.2) is 92.5 Å². The molecule has 1 aliphatic carbocycles. The van der Waals surface area contributed by atoms with E-state index in [0.717, 1.165) is 48.0 Å². The van der Waals surface area contributed by atoms with E-state index in [4.69, 9.17) is 14.6 Å². The smallest absolute Gasteiger partial charge is 0.241 e. The maximum Gasteiger partial charge on any atom is 0.241 e. The lowest BCUT2D eigenvalue weighted by Gasteiger charge is -2.42. The van der Waals surface area contributed by atoms with E-state index in [1.807, 2.05) is 33.4 Å². The summed E-state index contributed by atoms with van der Waals surface area (Å²) in [4.78, 5) is 18.9. The van der Waals surface area contributed by atoms with Gasteiger partial charge in [-0.25, -0.2) is 9.50 Å². The van der Waals surface area contributed by atoms with Crippen molar-refractivity contribution in [3.63, 3.8) is 0 Å². The molecule has 0 aromatic carbocycles. The zero-order valence-corrected chi connectivity index (χ0v) is 21.4. The third-order valence-corrected chi connectivity index (χ3v) is 7.90. The SMILES string of the molecule is COC[C@H](C)Nc1ncc2c(-c3cnn(C4CN(C(=O)C5COC5)C4)c3)cc(C3CCC(O)CC3)n2n1. The first-order valence-corrected chi connectivity index (χ1v) is 13.2. The number of aliphatic hydroxyl groups is 1. The van der Waals surface area contributed by atoms with Crippen LogP contribution >= 0.6 is 0 Å². The first kappa shape index (κ1) is 24.3. The van der Waals surface area contributed by atoms with Crippen LogP contribution in [0.5, 0.6) is 0 Å². The van der Waals surface area contributed by atoms with Gasteiger partial charge in [-0.2, -0.15) is 5.10 Å². The molecule has 2 N–H and O–H groups in total. The van der Waals surface area contributed by atoms with E-state index in [2.05, 4.69) is 27.7 Å². The monoisotopic (exact) mass is 509 g/mol. The van der Waals surface area contributed by atoms with Gasteiger partial charge < -0.3 is 24.8 Å². The van der Waals surface area contributed by atoms with Crippen molar-refractivity contribution in [2.75, 3.05) is 45.3 Å². The molecule has 1 saturated carbocycles. The van der Waals surface area contributed by atoms with Crippen molar-refractivity contribution >= 4 is 17.4 Å². The van der Waals surface area contributed by atoms with Gasteiger partial charge >= 0.3 is 0 Å². The molecule has 3 aromatic rings. The predicted molar refractivity (Wildman–Crippen MR) is 136 cm³/mol. The molecule has 198 valence electrons. The summed E-state index contributed by atoms with van der Waals surface area (Å²) in [6.45, 7) is 5.04. The molecule has 11 heteroatoms. The Kier molecular flexibility index (Phi) is 6.60. The molecule has 3 aliphatic rings. The number of likely N-dealkylation sites (tertiary alicyclic amines) is 1. The van der Waals surface area contributed by atoms with E-state index in [9.17, 15) is 9.90 Å². The van der Waals surface area contributed by atoms with Crippen molar-refractivity contribution in [1.82, 2.24) is 29.3 Å². The van der Waals surface area contributed by atoms with Crippen LogP contribution < -0.4 is 5.32 Å². The van der Waals surface area contributed by atoms with Gasteiger partial charge in [-0.05, 0) is 38.7 Å². The Hall–Kier alpha value is -3.02. The molecule has 3 fully saturated rings. The second-order valence-corrected chi connectivity index (χ2v) is 10.7. The second kappa shape index (κ2) is 10.0. The average Bonchev–Trinajstić information content (AvgIpc) is 3.42. The summed E-state index contributed by atoms with van der Waals surface area (Å²) in [6, 6.07) is 2.47. The standard InChI is InChI=1S/C26H35N7O4/c1-16(13-36-2)29-26-27-9-24-22(7-23(33(24)30-26)17-3-5-21(34)6-4-17)18-8-28-32(10-18)20-11-31(12-20)25(35)19-14-37-15-19/h7-10,16-17,19-21,34H,3-6,11-15H2,1-2H3,(H,29,30)/t16-,17?,21?/m0/s1. The third-order valence-electron chi connectivity index (χ3n) is 7.90. The topological polar surface area (TPSA) is 119 Å². The molecule has 1 amide bonds. The Bertz CT molecular complexity index is 1260. The molecular weight excluding hydrogens is 474 g/mol. The molecule has 2 saturated heterocycles. The van der Waals surface area contributed by atoms with E-state index >= 15 is 0 Å². The van der Waals surface area contributed by atoms with Gasteiger partial charge in [0.15, 0.2) is 0 Å². The van der Waals surface area contributed by atoms with Crippen LogP contribution in [0.15, 0.2) is 24.7 Å². The minimum Gasteiger partial charge on any atom is -0.393 e. The van der Waals surface area contributed by atoms with Crippen molar-refractivity contribution in [3.05, 3.63) is 30.4 Å². The van der Waals surface area contributed by atoms with Crippen LogP contribution in [0.1, 0.15) is 50.3 Å². The summed E-state index contributed by atoms with van der Waals surface area (Å²) in [5, 5.41) is 22.9. The summed E-state index contributed by atoms with van der Waals surface area (Å²) in [6.07, 6.45) is 9.07. The number of fused-ring (bicyclic) bond motifs is 1. The van der Waals surface area contributed by atoms with E-state index in [1.165, 1.54) is 0 Å². The zero-order chi connectivity index (χ0) is 25.5. The normalized spacial score (nSPS) is 23.6. The minimum absolute atomic E-state index is 0.0260. The van der Waals surface area contributed by atoms with Crippen LogP contribution in [0.2, 0.25) is 0 Å². The molecule has 37 heavy (non-hydrogen) atoms. The molecule has 2 aliphatic heterocycles. The number of carbonyl (C=O) groups excluding carboxylic acids is 1. The molecule has 1 atom stereocenters. The van der Waals surface area contributed by atoms with Crippen molar-refractivity contribution in [2.45, 2.75) is 56.7 Å². The molecule has 0 radical (unpaired) electrons. The molecular formula is C26H35N7O4. The minimum atomic E-state index is -0.215. The Morgan fingerprint density at radius 3 is 2.73 bits per heavy atom. The zero-order valence-electron chi connectivity index (χ0n) is 21.4. The van der Waals surface area contributed by atoms with E-state index in [1.54, 1.807) is 7.11 Å². The lowest BCUT2D eigenvalue weighted by Crippen LogP contribution is -2.55.